The molecule has 2 aromatic carbocycles. The van der Waals surface area contributed by atoms with Crippen LogP contribution >= 0.6 is 0 Å². The first-order valence-electron chi connectivity index (χ1n) is 10.8. The van der Waals surface area contributed by atoms with Gasteiger partial charge >= 0.3 is 12.1 Å². The smallest absolute Gasteiger partial charge is 0.475 e. The number of hydrogen-bond acceptors (Lipinski definition) is 6. The minimum absolute atomic E-state index is 0.494. The Bertz CT molecular complexity index is 1180. The molecule has 1 aliphatic rings. The van der Waals surface area contributed by atoms with Gasteiger partial charge in [0.1, 0.15) is 6.33 Å². The number of hydrogen-bond donors (Lipinski definition) is 4. The van der Waals surface area contributed by atoms with Crippen molar-refractivity contribution >= 4 is 18.0 Å². The van der Waals surface area contributed by atoms with E-state index in [2.05, 4.69) is 39.6 Å². The van der Waals surface area contributed by atoms with E-state index >= 15 is 0 Å². The topological polar surface area (TPSA) is 124 Å². The summed E-state index contributed by atoms with van der Waals surface area (Å²) in [4.78, 5) is 28.0. The number of nitrogens with zero attached hydrogens (tertiary/aromatic N) is 2. The van der Waals surface area contributed by atoms with Crippen molar-refractivity contribution in [3.8, 4) is 11.1 Å². The molecule has 0 radical (unpaired) electrons. The quantitative estimate of drug-likeness (QED) is 0.220. The lowest BCUT2D eigenvalue weighted by Gasteiger charge is -2.06. The van der Waals surface area contributed by atoms with E-state index in [9.17, 15) is 18.0 Å². The molecule has 1 heterocycles. The minimum atomic E-state index is -5.08. The summed E-state index contributed by atoms with van der Waals surface area (Å²) < 4.78 is 31.7. The average molecular weight is 500 g/mol. The number of aliphatic carboxylic acids is 1. The number of rotatable bonds is 7. The highest BCUT2D eigenvalue weighted by Crippen LogP contribution is 2.41. The second kappa shape index (κ2) is 12.0. The monoisotopic (exact) mass is 500 g/mol. The third kappa shape index (κ3) is 8.00. The molecule has 0 bridgehead atoms. The minimum Gasteiger partial charge on any atom is -0.475 e. The molecular formula is C25H23F3N4O4. The molecule has 0 spiro atoms. The summed E-state index contributed by atoms with van der Waals surface area (Å²) in [6, 6.07) is 17.1. The molecule has 188 valence electrons. The van der Waals surface area contributed by atoms with Gasteiger partial charge in [0.2, 0.25) is 0 Å². The van der Waals surface area contributed by atoms with Crippen molar-refractivity contribution in [2.45, 2.75) is 31.1 Å². The zero-order chi connectivity index (χ0) is 26.1. The van der Waals surface area contributed by atoms with Gasteiger partial charge in [-0.3, -0.25) is 10.0 Å². The largest absolute Gasteiger partial charge is 0.490 e. The van der Waals surface area contributed by atoms with Gasteiger partial charge in [-0.2, -0.15) is 13.2 Å². The summed E-state index contributed by atoms with van der Waals surface area (Å²) in [6.45, 7) is 0.807. The van der Waals surface area contributed by atoms with E-state index in [-0.39, 0.29) is 0 Å². The van der Waals surface area contributed by atoms with E-state index in [1.54, 1.807) is 11.6 Å². The molecule has 1 fully saturated rings. The van der Waals surface area contributed by atoms with Crippen LogP contribution in [0.25, 0.3) is 17.2 Å². The number of carbonyl (C=O) groups excluding carboxylic acids is 1. The Labute approximate surface area is 204 Å². The molecule has 4 rings (SSSR count). The number of aromatic nitrogens is 2. The molecular weight excluding hydrogens is 477 g/mol. The van der Waals surface area contributed by atoms with Gasteiger partial charge in [-0.05, 0) is 34.8 Å². The maximum absolute atomic E-state index is 11.0. The van der Waals surface area contributed by atoms with Crippen molar-refractivity contribution in [3.63, 3.8) is 0 Å². The first-order valence-corrected chi connectivity index (χ1v) is 10.8. The van der Waals surface area contributed by atoms with E-state index in [1.807, 2.05) is 36.7 Å². The van der Waals surface area contributed by atoms with Crippen molar-refractivity contribution in [2.75, 3.05) is 0 Å². The second-order valence-corrected chi connectivity index (χ2v) is 7.93. The molecule has 0 saturated heterocycles. The number of carbonyl (C=O) groups is 2. The van der Waals surface area contributed by atoms with E-state index < -0.39 is 18.1 Å². The molecule has 36 heavy (non-hydrogen) atoms. The van der Waals surface area contributed by atoms with Crippen molar-refractivity contribution in [3.05, 3.63) is 90.0 Å². The van der Waals surface area contributed by atoms with Gasteiger partial charge in [0, 0.05) is 42.5 Å². The summed E-state index contributed by atoms with van der Waals surface area (Å²) in [5.41, 5.74) is 7.19. The normalized spacial score (nSPS) is 16.7. The summed E-state index contributed by atoms with van der Waals surface area (Å²) in [5, 5.41) is 19.2. The Hall–Kier alpha value is -4.09. The number of benzene rings is 2. The van der Waals surface area contributed by atoms with Gasteiger partial charge in [-0.1, -0.05) is 48.5 Å². The Morgan fingerprint density at radius 1 is 1.00 bits per heavy atom. The fraction of sp³-hybridized carbons (Fsp3) is 0.200. The lowest BCUT2D eigenvalue weighted by atomic mass is 10.0. The SMILES string of the molecule is O=C(/C=C/c1ccc(CNC2CC2c2ccc(-c3cncnc3)cc2)cc1)NO.O=C(O)C(F)(F)F. The summed E-state index contributed by atoms with van der Waals surface area (Å²) in [7, 11) is 0. The highest BCUT2D eigenvalue weighted by atomic mass is 19.4. The van der Waals surface area contributed by atoms with E-state index in [0.29, 0.717) is 12.0 Å². The molecule has 11 heteroatoms. The Kier molecular flexibility index (Phi) is 8.87. The van der Waals surface area contributed by atoms with Crippen molar-refractivity contribution in [2.24, 2.45) is 0 Å². The number of carboxylic acids is 1. The summed E-state index contributed by atoms with van der Waals surface area (Å²) in [6.07, 6.45) is 4.20. The fourth-order valence-electron chi connectivity index (χ4n) is 3.36. The van der Waals surface area contributed by atoms with Gasteiger partial charge in [0.15, 0.2) is 0 Å². The maximum Gasteiger partial charge on any atom is 0.490 e. The maximum atomic E-state index is 11.0. The molecule has 4 N–H and O–H groups in total. The summed E-state index contributed by atoms with van der Waals surface area (Å²) >= 11 is 0. The number of amides is 1. The Balaban J connectivity index is 0.000000454. The first kappa shape index (κ1) is 26.5. The molecule has 3 aromatic rings. The lowest BCUT2D eigenvalue weighted by Crippen LogP contribution is -2.21. The predicted molar refractivity (Wildman–Crippen MR) is 125 cm³/mol. The van der Waals surface area contributed by atoms with Gasteiger partial charge < -0.3 is 10.4 Å². The Morgan fingerprint density at radius 2 is 1.61 bits per heavy atom. The van der Waals surface area contributed by atoms with Crippen LogP contribution in [-0.4, -0.2) is 44.4 Å². The van der Waals surface area contributed by atoms with Gasteiger partial charge in [0.25, 0.3) is 5.91 Å². The average Bonchev–Trinajstić information content (AvgIpc) is 3.67. The van der Waals surface area contributed by atoms with E-state index in [4.69, 9.17) is 15.1 Å². The number of halogens is 3. The third-order valence-corrected chi connectivity index (χ3v) is 5.35. The standard InChI is InChI=1S/C23H22N4O2.C2HF3O2/c28-23(27-29)10-5-16-1-3-17(4-2-16)12-26-22-11-21(22)19-8-6-18(7-9-19)20-13-24-15-25-14-20;3-2(4,5)1(6)7/h1-10,13-15,21-22,26,29H,11-12H2,(H,27,28);(H,6,7)/b10-5+;. The molecule has 1 amide bonds. The van der Waals surface area contributed by atoms with Crippen LogP contribution in [0.4, 0.5) is 13.2 Å². The highest BCUT2D eigenvalue weighted by molar-refractivity contribution is 5.90. The zero-order valence-corrected chi connectivity index (χ0v) is 18.8. The van der Waals surface area contributed by atoms with Crippen molar-refractivity contribution < 1.29 is 33.1 Å². The number of nitrogens with one attached hydrogen (secondary N) is 2. The highest BCUT2D eigenvalue weighted by Gasteiger charge is 2.38. The van der Waals surface area contributed by atoms with Crippen LogP contribution in [0.1, 0.15) is 29.0 Å². The molecule has 2 atom stereocenters. The van der Waals surface area contributed by atoms with Crippen LogP contribution in [0.15, 0.2) is 73.3 Å². The summed E-state index contributed by atoms with van der Waals surface area (Å²) in [5.74, 6) is -2.75. The van der Waals surface area contributed by atoms with E-state index in [1.165, 1.54) is 23.5 Å². The number of alkyl halides is 3. The fourth-order valence-corrected chi connectivity index (χ4v) is 3.36. The van der Waals surface area contributed by atoms with Crippen molar-refractivity contribution in [1.29, 1.82) is 0 Å². The van der Waals surface area contributed by atoms with Crippen LogP contribution in [0.3, 0.4) is 0 Å². The van der Waals surface area contributed by atoms with E-state index in [0.717, 1.165) is 29.7 Å². The second-order valence-electron chi connectivity index (χ2n) is 7.93. The molecule has 1 saturated carbocycles. The number of hydroxylamine groups is 1. The molecule has 0 aliphatic heterocycles. The van der Waals surface area contributed by atoms with Crippen LogP contribution in [0, 0.1) is 0 Å². The zero-order valence-electron chi connectivity index (χ0n) is 18.8. The van der Waals surface area contributed by atoms with Crippen LogP contribution in [-0.2, 0) is 16.1 Å². The van der Waals surface area contributed by atoms with Crippen LogP contribution in [0.2, 0.25) is 0 Å². The third-order valence-electron chi connectivity index (χ3n) is 5.35. The number of carboxylic acid groups (broad SMARTS) is 1. The van der Waals surface area contributed by atoms with Gasteiger partial charge in [0.05, 0.1) is 0 Å². The van der Waals surface area contributed by atoms with Gasteiger partial charge in [-0.15, -0.1) is 0 Å². The lowest BCUT2D eigenvalue weighted by molar-refractivity contribution is -0.192. The van der Waals surface area contributed by atoms with Gasteiger partial charge in [-0.25, -0.2) is 20.2 Å². The first-order chi connectivity index (χ1) is 17.2. The Morgan fingerprint density at radius 3 is 2.17 bits per heavy atom. The molecule has 1 aromatic heterocycles. The molecule has 8 nitrogen and oxygen atoms in total. The van der Waals surface area contributed by atoms with Crippen LogP contribution < -0.4 is 10.8 Å². The van der Waals surface area contributed by atoms with Crippen molar-refractivity contribution in [1.82, 2.24) is 20.8 Å². The molecule has 2 unspecified atom stereocenters. The molecule has 1 aliphatic carbocycles. The predicted octanol–water partition coefficient (Wildman–Crippen LogP) is 3.94. The van der Waals surface area contributed by atoms with Crippen LogP contribution in [0.5, 0.6) is 0 Å².